The second-order valence-corrected chi connectivity index (χ2v) is 4.43. The Bertz CT molecular complexity index is 367. The highest BCUT2D eigenvalue weighted by molar-refractivity contribution is 6.30. The van der Waals surface area contributed by atoms with Crippen LogP contribution in [0.4, 0.5) is 0 Å². The topological polar surface area (TPSA) is 21.6 Å². The minimum atomic E-state index is -0.172. The molecule has 74 valence electrons. The SMILES string of the molecule is CC1(C)CN=C(c2ccc(Cl)cc2)O1. The van der Waals surface area contributed by atoms with Gasteiger partial charge in [0.1, 0.15) is 5.60 Å². The van der Waals surface area contributed by atoms with Crippen LogP contribution in [0.3, 0.4) is 0 Å². The smallest absolute Gasteiger partial charge is 0.216 e. The predicted octanol–water partition coefficient (Wildman–Crippen LogP) is 2.90. The molecule has 0 amide bonds. The number of halogens is 1. The molecule has 1 heterocycles. The molecule has 1 aromatic rings. The zero-order valence-corrected chi connectivity index (χ0v) is 9.01. The number of hydrogen-bond donors (Lipinski definition) is 0. The van der Waals surface area contributed by atoms with Crippen molar-refractivity contribution in [3.63, 3.8) is 0 Å². The molecule has 0 aliphatic carbocycles. The Balaban J connectivity index is 2.22. The molecule has 3 heteroatoms. The van der Waals surface area contributed by atoms with E-state index in [-0.39, 0.29) is 5.60 Å². The number of nitrogens with zero attached hydrogens (tertiary/aromatic N) is 1. The van der Waals surface area contributed by atoms with E-state index in [1.807, 2.05) is 38.1 Å². The van der Waals surface area contributed by atoms with Crippen LogP contribution in [0.1, 0.15) is 19.4 Å². The number of ether oxygens (including phenoxy) is 1. The largest absolute Gasteiger partial charge is 0.469 e. The van der Waals surface area contributed by atoms with Crippen molar-refractivity contribution in [2.24, 2.45) is 4.99 Å². The van der Waals surface area contributed by atoms with E-state index < -0.39 is 0 Å². The van der Waals surface area contributed by atoms with E-state index in [4.69, 9.17) is 16.3 Å². The Morgan fingerprint density at radius 2 is 1.93 bits per heavy atom. The van der Waals surface area contributed by atoms with Crippen LogP contribution < -0.4 is 0 Å². The van der Waals surface area contributed by atoms with Gasteiger partial charge in [0.15, 0.2) is 0 Å². The van der Waals surface area contributed by atoms with Crippen molar-refractivity contribution in [3.05, 3.63) is 34.9 Å². The maximum atomic E-state index is 5.79. The minimum Gasteiger partial charge on any atom is -0.469 e. The maximum absolute atomic E-state index is 5.79. The van der Waals surface area contributed by atoms with E-state index >= 15 is 0 Å². The molecule has 0 aromatic heterocycles. The van der Waals surface area contributed by atoms with Crippen LogP contribution >= 0.6 is 11.6 Å². The maximum Gasteiger partial charge on any atom is 0.216 e. The van der Waals surface area contributed by atoms with Crippen LogP contribution in [-0.2, 0) is 4.74 Å². The summed E-state index contributed by atoms with van der Waals surface area (Å²) in [5.41, 5.74) is 0.814. The fourth-order valence-corrected chi connectivity index (χ4v) is 1.46. The third kappa shape index (κ3) is 1.90. The molecule has 0 saturated heterocycles. The van der Waals surface area contributed by atoms with E-state index in [9.17, 15) is 0 Å². The predicted molar refractivity (Wildman–Crippen MR) is 58.0 cm³/mol. The monoisotopic (exact) mass is 209 g/mol. The summed E-state index contributed by atoms with van der Waals surface area (Å²) in [5.74, 6) is 0.715. The fourth-order valence-electron chi connectivity index (χ4n) is 1.33. The first kappa shape index (κ1) is 9.53. The number of benzene rings is 1. The molecule has 0 unspecified atom stereocenters. The molecule has 14 heavy (non-hydrogen) atoms. The van der Waals surface area contributed by atoms with Gasteiger partial charge < -0.3 is 4.74 Å². The molecule has 1 aromatic carbocycles. The van der Waals surface area contributed by atoms with Crippen LogP contribution in [0.5, 0.6) is 0 Å². The molecule has 0 atom stereocenters. The second-order valence-electron chi connectivity index (χ2n) is 3.99. The summed E-state index contributed by atoms with van der Waals surface area (Å²) < 4.78 is 5.68. The molecular formula is C11H12ClNO. The fraction of sp³-hybridized carbons (Fsp3) is 0.364. The summed E-state index contributed by atoms with van der Waals surface area (Å²) in [6.45, 7) is 4.77. The summed E-state index contributed by atoms with van der Waals surface area (Å²) in [6.07, 6.45) is 0. The van der Waals surface area contributed by atoms with E-state index in [1.165, 1.54) is 0 Å². The van der Waals surface area contributed by atoms with Crippen molar-refractivity contribution in [2.75, 3.05) is 6.54 Å². The minimum absolute atomic E-state index is 0.172. The molecular weight excluding hydrogens is 198 g/mol. The zero-order valence-electron chi connectivity index (χ0n) is 8.25. The second kappa shape index (κ2) is 3.28. The van der Waals surface area contributed by atoms with Crippen molar-refractivity contribution in [3.8, 4) is 0 Å². The Labute approximate surface area is 88.6 Å². The molecule has 0 spiro atoms. The van der Waals surface area contributed by atoms with Gasteiger partial charge in [0, 0.05) is 10.6 Å². The van der Waals surface area contributed by atoms with Gasteiger partial charge in [-0.2, -0.15) is 0 Å². The Morgan fingerprint density at radius 3 is 2.43 bits per heavy atom. The van der Waals surface area contributed by atoms with Crippen LogP contribution in [0.15, 0.2) is 29.3 Å². The highest BCUT2D eigenvalue weighted by Crippen LogP contribution is 2.21. The Hall–Kier alpha value is -1.02. The van der Waals surface area contributed by atoms with E-state index in [0.717, 1.165) is 10.6 Å². The van der Waals surface area contributed by atoms with Crippen molar-refractivity contribution in [2.45, 2.75) is 19.4 Å². The van der Waals surface area contributed by atoms with Gasteiger partial charge in [-0.3, -0.25) is 0 Å². The average Bonchev–Trinajstić information content (AvgIpc) is 2.47. The van der Waals surface area contributed by atoms with E-state index in [1.54, 1.807) is 0 Å². The highest BCUT2D eigenvalue weighted by Gasteiger charge is 2.27. The summed E-state index contributed by atoms with van der Waals surface area (Å²) in [5, 5.41) is 0.728. The van der Waals surface area contributed by atoms with E-state index in [0.29, 0.717) is 12.4 Å². The lowest BCUT2D eigenvalue weighted by Gasteiger charge is -2.17. The van der Waals surface area contributed by atoms with Crippen molar-refractivity contribution < 1.29 is 4.74 Å². The first-order valence-corrected chi connectivity index (χ1v) is 4.94. The molecule has 0 radical (unpaired) electrons. The summed E-state index contributed by atoms with van der Waals surface area (Å²) >= 11 is 5.79. The van der Waals surface area contributed by atoms with Crippen molar-refractivity contribution in [1.29, 1.82) is 0 Å². The zero-order chi connectivity index (χ0) is 10.2. The van der Waals surface area contributed by atoms with Gasteiger partial charge in [0.2, 0.25) is 5.90 Å². The lowest BCUT2D eigenvalue weighted by atomic mass is 10.1. The van der Waals surface area contributed by atoms with Crippen molar-refractivity contribution in [1.82, 2.24) is 0 Å². The van der Waals surface area contributed by atoms with Crippen LogP contribution in [0, 0.1) is 0 Å². The Morgan fingerprint density at radius 1 is 1.29 bits per heavy atom. The first-order valence-electron chi connectivity index (χ1n) is 4.56. The molecule has 0 N–H and O–H groups in total. The normalized spacial score (nSPS) is 18.9. The molecule has 1 aliphatic heterocycles. The average molecular weight is 210 g/mol. The molecule has 2 nitrogen and oxygen atoms in total. The standard InChI is InChI=1S/C11H12ClNO/c1-11(2)7-13-10(14-11)8-3-5-9(12)6-4-8/h3-6H,7H2,1-2H3. The van der Waals surface area contributed by atoms with Gasteiger partial charge in [0.25, 0.3) is 0 Å². The number of aliphatic imine (C=N–C) groups is 1. The van der Waals surface area contributed by atoms with Crippen LogP contribution in [0.2, 0.25) is 5.02 Å². The quantitative estimate of drug-likeness (QED) is 0.697. The molecule has 0 fully saturated rings. The van der Waals surface area contributed by atoms with Gasteiger partial charge in [-0.15, -0.1) is 0 Å². The highest BCUT2D eigenvalue weighted by atomic mass is 35.5. The van der Waals surface area contributed by atoms with Gasteiger partial charge >= 0.3 is 0 Å². The van der Waals surface area contributed by atoms with Gasteiger partial charge in [-0.05, 0) is 38.1 Å². The lowest BCUT2D eigenvalue weighted by molar-refractivity contribution is 0.131. The van der Waals surface area contributed by atoms with Crippen LogP contribution in [-0.4, -0.2) is 18.0 Å². The van der Waals surface area contributed by atoms with E-state index in [2.05, 4.69) is 4.99 Å². The summed E-state index contributed by atoms with van der Waals surface area (Å²) in [7, 11) is 0. The lowest BCUT2D eigenvalue weighted by Crippen LogP contribution is -2.24. The summed E-state index contributed by atoms with van der Waals surface area (Å²) in [6, 6.07) is 7.52. The van der Waals surface area contributed by atoms with Crippen molar-refractivity contribution >= 4 is 17.5 Å². The molecule has 0 saturated carbocycles. The first-order chi connectivity index (χ1) is 6.57. The Kier molecular flexibility index (Phi) is 2.23. The van der Waals surface area contributed by atoms with Crippen LogP contribution in [0.25, 0.3) is 0 Å². The number of hydrogen-bond acceptors (Lipinski definition) is 2. The number of rotatable bonds is 1. The van der Waals surface area contributed by atoms with Gasteiger partial charge in [0.05, 0.1) is 6.54 Å². The summed E-state index contributed by atoms with van der Waals surface area (Å²) in [4.78, 5) is 4.34. The molecule has 2 rings (SSSR count). The molecule has 0 bridgehead atoms. The molecule has 1 aliphatic rings. The van der Waals surface area contributed by atoms with Gasteiger partial charge in [-0.25, -0.2) is 4.99 Å². The third-order valence-electron chi connectivity index (χ3n) is 2.07. The van der Waals surface area contributed by atoms with Gasteiger partial charge in [-0.1, -0.05) is 11.6 Å². The third-order valence-corrected chi connectivity index (χ3v) is 2.32.